The van der Waals surface area contributed by atoms with E-state index in [0.717, 1.165) is 17.8 Å². The molecule has 0 radical (unpaired) electrons. The third-order valence-corrected chi connectivity index (χ3v) is 3.31. The van der Waals surface area contributed by atoms with Crippen molar-refractivity contribution < 1.29 is 5.11 Å². The third kappa shape index (κ3) is 4.52. The Morgan fingerprint density at radius 1 is 1.40 bits per heavy atom. The van der Waals surface area contributed by atoms with Gasteiger partial charge in [-0.25, -0.2) is 0 Å². The molecular weight excluding hydrogens is 250 g/mol. The number of anilines is 1. The molecule has 0 heterocycles. The number of nitrogens with zero attached hydrogens (tertiary/aromatic N) is 2. The van der Waals surface area contributed by atoms with Crippen molar-refractivity contribution >= 4 is 5.69 Å². The molecule has 0 fully saturated rings. The van der Waals surface area contributed by atoms with Crippen LogP contribution in [0.15, 0.2) is 18.2 Å². The Hall–Kier alpha value is -1.57. The van der Waals surface area contributed by atoms with Crippen molar-refractivity contribution in [2.75, 3.05) is 18.6 Å². The lowest BCUT2D eigenvalue weighted by atomic mass is 10.1. The second-order valence-corrected chi connectivity index (χ2v) is 6.21. The molecule has 0 bridgehead atoms. The SMILES string of the molecule is CC(CO)N(C)c1ccc(CNC(C)(C)C)cc1C#N. The van der Waals surface area contributed by atoms with Crippen molar-refractivity contribution in [3.05, 3.63) is 29.3 Å². The highest BCUT2D eigenvalue weighted by atomic mass is 16.3. The second-order valence-electron chi connectivity index (χ2n) is 6.21. The van der Waals surface area contributed by atoms with Gasteiger partial charge in [-0.3, -0.25) is 0 Å². The quantitative estimate of drug-likeness (QED) is 0.865. The molecule has 0 saturated carbocycles. The summed E-state index contributed by atoms with van der Waals surface area (Å²) < 4.78 is 0. The van der Waals surface area contributed by atoms with E-state index in [1.807, 2.05) is 37.1 Å². The van der Waals surface area contributed by atoms with Gasteiger partial charge in [-0.05, 0) is 45.4 Å². The monoisotopic (exact) mass is 275 g/mol. The number of nitriles is 1. The highest BCUT2D eigenvalue weighted by Crippen LogP contribution is 2.22. The van der Waals surface area contributed by atoms with E-state index in [4.69, 9.17) is 0 Å². The van der Waals surface area contributed by atoms with Gasteiger partial charge in [0.15, 0.2) is 0 Å². The fourth-order valence-corrected chi connectivity index (χ4v) is 1.82. The molecule has 0 aliphatic rings. The number of nitrogens with one attached hydrogen (secondary N) is 1. The van der Waals surface area contributed by atoms with Crippen LogP contribution in [0, 0.1) is 11.3 Å². The van der Waals surface area contributed by atoms with Crippen LogP contribution in [0.1, 0.15) is 38.8 Å². The molecule has 0 aliphatic carbocycles. The number of rotatable bonds is 5. The average Bonchev–Trinajstić information content (AvgIpc) is 2.42. The van der Waals surface area contributed by atoms with Gasteiger partial charge in [-0.1, -0.05) is 6.07 Å². The predicted octanol–water partition coefficient (Wildman–Crippen LogP) is 2.26. The highest BCUT2D eigenvalue weighted by Gasteiger charge is 2.14. The summed E-state index contributed by atoms with van der Waals surface area (Å²) in [7, 11) is 1.89. The minimum atomic E-state index is -0.0133. The Kier molecular flexibility index (Phi) is 5.55. The first kappa shape index (κ1) is 16.5. The molecule has 0 aromatic heterocycles. The van der Waals surface area contributed by atoms with Gasteiger partial charge in [0.2, 0.25) is 0 Å². The molecule has 0 aliphatic heterocycles. The van der Waals surface area contributed by atoms with E-state index in [1.165, 1.54) is 0 Å². The average molecular weight is 275 g/mol. The maximum Gasteiger partial charge on any atom is 0.101 e. The lowest BCUT2D eigenvalue weighted by molar-refractivity contribution is 0.270. The Bertz CT molecular complexity index is 485. The first-order valence-corrected chi connectivity index (χ1v) is 6.90. The standard InChI is InChI=1S/C16H25N3O/c1-12(11-20)19(5)15-7-6-13(8-14(15)9-17)10-18-16(2,3)4/h6-8,12,18,20H,10-11H2,1-5H3. The Labute approximate surface area is 122 Å². The summed E-state index contributed by atoms with van der Waals surface area (Å²) in [6.07, 6.45) is 0. The largest absolute Gasteiger partial charge is 0.394 e. The van der Waals surface area contributed by atoms with Crippen LogP contribution in [0.4, 0.5) is 5.69 Å². The molecular formula is C16H25N3O. The molecule has 110 valence electrons. The minimum absolute atomic E-state index is 0.0133. The van der Waals surface area contributed by atoms with Gasteiger partial charge >= 0.3 is 0 Å². The smallest absolute Gasteiger partial charge is 0.101 e. The zero-order chi connectivity index (χ0) is 15.3. The van der Waals surface area contributed by atoms with Gasteiger partial charge in [0.05, 0.1) is 17.9 Å². The number of aliphatic hydroxyl groups is 1. The number of benzene rings is 1. The van der Waals surface area contributed by atoms with Crippen molar-refractivity contribution in [2.45, 2.75) is 45.8 Å². The topological polar surface area (TPSA) is 59.3 Å². The van der Waals surface area contributed by atoms with Crippen LogP contribution in [0.5, 0.6) is 0 Å². The van der Waals surface area contributed by atoms with Gasteiger partial charge in [-0.15, -0.1) is 0 Å². The van der Waals surface area contributed by atoms with Crippen LogP contribution in [-0.4, -0.2) is 30.3 Å². The van der Waals surface area contributed by atoms with Gasteiger partial charge in [-0.2, -0.15) is 5.26 Å². The van der Waals surface area contributed by atoms with Crippen LogP contribution in [0.3, 0.4) is 0 Å². The Morgan fingerprint density at radius 3 is 2.55 bits per heavy atom. The molecule has 1 aromatic carbocycles. The zero-order valence-electron chi connectivity index (χ0n) is 13.1. The van der Waals surface area contributed by atoms with Crippen LogP contribution < -0.4 is 10.2 Å². The van der Waals surface area contributed by atoms with Crippen molar-refractivity contribution in [3.63, 3.8) is 0 Å². The summed E-state index contributed by atoms with van der Waals surface area (Å²) in [5, 5.41) is 21.9. The van der Waals surface area contributed by atoms with E-state index in [1.54, 1.807) is 0 Å². The summed E-state index contributed by atoms with van der Waals surface area (Å²) in [5.41, 5.74) is 2.63. The van der Waals surface area contributed by atoms with E-state index < -0.39 is 0 Å². The second kappa shape index (κ2) is 6.74. The summed E-state index contributed by atoms with van der Waals surface area (Å²) in [6.45, 7) is 9.07. The van der Waals surface area contributed by atoms with Crippen molar-refractivity contribution in [1.29, 1.82) is 5.26 Å². The van der Waals surface area contributed by atoms with Crippen molar-refractivity contribution in [2.24, 2.45) is 0 Å². The molecule has 4 heteroatoms. The maximum atomic E-state index is 9.31. The zero-order valence-corrected chi connectivity index (χ0v) is 13.1. The summed E-state index contributed by atoms with van der Waals surface area (Å²) >= 11 is 0. The molecule has 1 unspecified atom stereocenters. The van der Waals surface area contributed by atoms with Crippen molar-refractivity contribution in [3.8, 4) is 6.07 Å². The summed E-state index contributed by atoms with van der Waals surface area (Å²) in [4.78, 5) is 1.93. The third-order valence-electron chi connectivity index (χ3n) is 3.31. The fourth-order valence-electron chi connectivity index (χ4n) is 1.82. The van der Waals surface area contributed by atoms with E-state index in [-0.39, 0.29) is 18.2 Å². The first-order valence-electron chi connectivity index (χ1n) is 6.90. The number of hydrogen-bond acceptors (Lipinski definition) is 4. The molecule has 0 spiro atoms. The van der Waals surface area contributed by atoms with E-state index in [9.17, 15) is 10.4 Å². The summed E-state index contributed by atoms with van der Waals surface area (Å²) in [5.74, 6) is 0. The highest BCUT2D eigenvalue weighted by molar-refractivity contribution is 5.60. The normalized spacial score (nSPS) is 12.8. The van der Waals surface area contributed by atoms with Crippen molar-refractivity contribution in [1.82, 2.24) is 5.32 Å². The molecule has 1 atom stereocenters. The maximum absolute atomic E-state index is 9.31. The molecule has 1 aromatic rings. The lowest BCUT2D eigenvalue weighted by Crippen LogP contribution is -2.35. The lowest BCUT2D eigenvalue weighted by Gasteiger charge is -2.27. The van der Waals surface area contributed by atoms with Crippen LogP contribution in [0.2, 0.25) is 0 Å². The molecule has 0 amide bonds. The van der Waals surface area contributed by atoms with Crippen LogP contribution in [0.25, 0.3) is 0 Å². The predicted molar refractivity (Wildman–Crippen MR) is 82.7 cm³/mol. The molecule has 2 N–H and O–H groups in total. The minimum Gasteiger partial charge on any atom is -0.394 e. The fraction of sp³-hybridized carbons (Fsp3) is 0.562. The van der Waals surface area contributed by atoms with Gasteiger partial charge < -0.3 is 15.3 Å². The number of likely N-dealkylation sites (N-methyl/N-ethyl adjacent to an activating group) is 1. The van der Waals surface area contributed by atoms with E-state index in [2.05, 4.69) is 32.2 Å². The van der Waals surface area contributed by atoms with Crippen LogP contribution in [-0.2, 0) is 6.54 Å². The van der Waals surface area contributed by atoms with Gasteiger partial charge in [0.25, 0.3) is 0 Å². The van der Waals surface area contributed by atoms with Gasteiger partial charge in [0.1, 0.15) is 6.07 Å². The Morgan fingerprint density at radius 2 is 2.05 bits per heavy atom. The first-order chi connectivity index (χ1) is 9.28. The van der Waals surface area contributed by atoms with E-state index >= 15 is 0 Å². The van der Waals surface area contributed by atoms with Gasteiger partial charge in [0, 0.05) is 25.2 Å². The summed E-state index contributed by atoms with van der Waals surface area (Å²) in [6, 6.07) is 8.11. The molecule has 1 rings (SSSR count). The molecule has 0 saturated heterocycles. The number of hydrogen-bond donors (Lipinski definition) is 2. The van der Waals surface area contributed by atoms with E-state index in [0.29, 0.717) is 5.56 Å². The number of aliphatic hydroxyl groups excluding tert-OH is 1. The molecule has 4 nitrogen and oxygen atoms in total. The Balaban J connectivity index is 2.94. The van der Waals surface area contributed by atoms with Crippen LogP contribution >= 0.6 is 0 Å². The molecule has 20 heavy (non-hydrogen) atoms.